The Kier molecular flexibility index (Phi) is 14.3. The van der Waals surface area contributed by atoms with Gasteiger partial charge < -0.3 is 14.6 Å². The number of methoxy groups -OCH3 is 1. The molecule has 16 heavy (non-hydrogen) atoms. The SMILES string of the molecule is COCOCCCCCC/C=C\CCCO. The van der Waals surface area contributed by atoms with Crippen molar-refractivity contribution in [2.45, 2.75) is 44.9 Å². The first-order chi connectivity index (χ1) is 7.91. The summed E-state index contributed by atoms with van der Waals surface area (Å²) in [7, 11) is 1.64. The average molecular weight is 230 g/mol. The Morgan fingerprint density at radius 2 is 1.62 bits per heavy atom. The molecule has 0 fully saturated rings. The largest absolute Gasteiger partial charge is 0.396 e. The van der Waals surface area contributed by atoms with E-state index in [2.05, 4.69) is 12.2 Å². The van der Waals surface area contributed by atoms with Gasteiger partial charge in [-0.2, -0.15) is 0 Å². The van der Waals surface area contributed by atoms with Gasteiger partial charge in [0, 0.05) is 20.3 Å². The van der Waals surface area contributed by atoms with E-state index in [1.165, 1.54) is 19.3 Å². The van der Waals surface area contributed by atoms with Crippen molar-refractivity contribution >= 4 is 0 Å². The molecule has 0 rings (SSSR count). The van der Waals surface area contributed by atoms with Crippen molar-refractivity contribution in [1.29, 1.82) is 0 Å². The van der Waals surface area contributed by atoms with Crippen LogP contribution in [-0.4, -0.2) is 32.2 Å². The number of aliphatic hydroxyl groups excluding tert-OH is 1. The van der Waals surface area contributed by atoms with E-state index in [0.717, 1.165) is 32.3 Å². The minimum Gasteiger partial charge on any atom is -0.396 e. The van der Waals surface area contributed by atoms with Crippen LogP contribution in [0.2, 0.25) is 0 Å². The van der Waals surface area contributed by atoms with Gasteiger partial charge in [-0.15, -0.1) is 0 Å². The van der Waals surface area contributed by atoms with Crippen LogP contribution in [0.25, 0.3) is 0 Å². The van der Waals surface area contributed by atoms with Crippen LogP contribution < -0.4 is 0 Å². The molecule has 0 bridgehead atoms. The van der Waals surface area contributed by atoms with Crippen molar-refractivity contribution in [2.24, 2.45) is 0 Å². The average Bonchev–Trinajstić information content (AvgIpc) is 2.31. The molecule has 1 N–H and O–H groups in total. The third kappa shape index (κ3) is 13.6. The van der Waals surface area contributed by atoms with E-state index in [0.29, 0.717) is 13.4 Å². The van der Waals surface area contributed by atoms with Crippen LogP contribution in [0.1, 0.15) is 44.9 Å². The van der Waals surface area contributed by atoms with Crippen LogP contribution in [-0.2, 0) is 9.47 Å². The molecule has 0 aromatic carbocycles. The number of allylic oxidation sites excluding steroid dienone is 2. The summed E-state index contributed by atoms with van der Waals surface area (Å²) < 4.78 is 9.98. The molecule has 0 unspecified atom stereocenters. The predicted molar refractivity (Wildman–Crippen MR) is 66.4 cm³/mol. The van der Waals surface area contributed by atoms with E-state index in [-0.39, 0.29) is 0 Å². The van der Waals surface area contributed by atoms with Crippen molar-refractivity contribution in [3.63, 3.8) is 0 Å². The van der Waals surface area contributed by atoms with E-state index < -0.39 is 0 Å². The number of hydrogen-bond acceptors (Lipinski definition) is 3. The number of aliphatic hydroxyl groups is 1. The molecule has 0 aliphatic heterocycles. The summed E-state index contributed by atoms with van der Waals surface area (Å²) in [5.74, 6) is 0. The molecule has 3 heteroatoms. The van der Waals surface area contributed by atoms with E-state index in [4.69, 9.17) is 14.6 Å². The normalized spacial score (nSPS) is 11.4. The summed E-state index contributed by atoms with van der Waals surface area (Å²) in [6, 6.07) is 0. The lowest BCUT2D eigenvalue weighted by Gasteiger charge is -2.01. The van der Waals surface area contributed by atoms with Crippen LogP contribution in [0.15, 0.2) is 12.2 Å². The lowest BCUT2D eigenvalue weighted by molar-refractivity contribution is -0.0315. The lowest BCUT2D eigenvalue weighted by atomic mass is 10.1. The molecule has 0 saturated carbocycles. The number of unbranched alkanes of at least 4 members (excludes halogenated alkanes) is 5. The number of rotatable bonds is 12. The van der Waals surface area contributed by atoms with Gasteiger partial charge in [0.2, 0.25) is 0 Å². The Morgan fingerprint density at radius 3 is 2.31 bits per heavy atom. The Hall–Kier alpha value is -0.380. The van der Waals surface area contributed by atoms with Crippen molar-refractivity contribution < 1.29 is 14.6 Å². The molecule has 0 aliphatic carbocycles. The smallest absolute Gasteiger partial charge is 0.146 e. The van der Waals surface area contributed by atoms with Crippen LogP contribution in [0.5, 0.6) is 0 Å². The summed E-state index contributed by atoms with van der Waals surface area (Å²) in [6.45, 7) is 1.51. The first kappa shape index (κ1) is 15.6. The maximum Gasteiger partial charge on any atom is 0.146 e. The second-order valence-corrected chi connectivity index (χ2v) is 3.85. The van der Waals surface area contributed by atoms with Crippen molar-refractivity contribution in [3.05, 3.63) is 12.2 Å². The maximum atomic E-state index is 8.57. The number of ether oxygens (including phenoxy) is 2. The Morgan fingerprint density at radius 1 is 0.938 bits per heavy atom. The third-order valence-corrected chi connectivity index (χ3v) is 2.31. The molecule has 0 amide bonds. The minimum atomic E-state index is 0.297. The van der Waals surface area contributed by atoms with E-state index in [1.807, 2.05) is 0 Å². The van der Waals surface area contributed by atoms with E-state index in [9.17, 15) is 0 Å². The summed E-state index contributed by atoms with van der Waals surface area (Å²) in [5.41, 5.74) is 0. The zero-order chi connectivity index (χ0) is 11.9. The van der Waals surface area contributed by atoms with E-state index in [1.54, 1.807) is 7.11 Å². The second-order valence-electron chi connectivity index (χ2n) is 3.85. The van der Waals surface area contributed by atoms with Gasteiger partial charge >= 0.3 is 0 Å². The van der Waals surface area contributed by atoms with Gasteiger partial charge in [-0.25, -0.2) is 0 Å². The van der Waals surface area contributed by atoms with Crippen LogP contribution in [0.4, 0.5) is 0 Å². The molecular formula is C13H26O3. The molecule has 0 aromatic rings. The molecule has 0 heterocycles. The standard InChI is InChI=1S/C13H26O3/c1-15-13-16-12-10-8-6-4-2-3-5-7-9-11-14/h3,5,14H,2,4,6-13H2,1H3/b5-3-. The first-order valence-electron chi connectivity index (χ1n) is 6.24. The maximum absolute atomic E-state index is 8.57. The van der Waals surface area contributed by atoms with Gasteiger partial charge in [-0.3, -0.25) is 0 Å². The molecule has 0 spiro atoms. The molecule has 3 nitrogen and oxygen atoms in total. The molecule has 0 aromatic heterocycles. The zero-order valence-electron chi connectivity index (χ0n) is 10.5. The molecule has 0 aliphatic rings. The monoisotopic (exact) mass is 230 g/mol. The van der Waals surface area contributed by atoms with Gasteiger partial charge in [-0.1, -0.05) is 25.0 Å². The fourth-order valence-electron chi connectivity index (χ4n) is 1.41. The quantitative estimate of drug-likeness (QED) is 0.318. The summed E-state index contributed by atoms with van der Waals surface area (Å²) >= 11 is 0. The fourth-order valence-corrected chi connectivity index (χ4v) is 1.41. The molecule has 96 valence electrons. The van der Waals surface area contributed by atoms with Gasteiger partial charge in [0.25, 0.3) is 0 Å². The summed E-state index contributed by atoms with van der Waals surface area (Å²) in [5, 5.41) is 8.57. The van der Waals surface area contributed by atoms with Crippen LogP contribution in [0, 0.1) is 0 Å². The zero-order valence-corrected chi connectivity index (χ0v) is 10.5. The molecular weight excluding hydrogens is 204 g/mol. The highest BCUT2D eigenvalue weighted by molar-refractivity contribution is 4.81. The van der Waals surface area contributed by atoms with Gasteiger partial charge in [-0.05, 0) is 32.1 Å². The summed E-state index contributed by atoms with van der Waals surface area (Å²) in [6.07, 6.45) is 12.3. The molecule has 0 atom stereocenters. The van der Waals surface area contributed by atoms with Crippen LogP contribution >= 0.6 is 0 Å². The van der Waals surface area contributed by atoms with Gasteiger partial charge in [0.1, 0.15) is 6.79 Å². The van der Waals surface area contributed by atoms with Gasteiger partial charge in [0.15, 0.2) is 0 Å². The fraction of sp³-hybridized carbons (Fsp3) is 0.846. The first-order valence-corrected chi connectivity index (χ1v) is 6.24. The highest BCUT2D eigenvalue weighted by Gasteiger charge is 1.89. The third-order valence-electron chi connectivity index (χ3n) is 2.31. The van der Waals surface area contributed by atoms with Crippen molar-refractivity contribution in [2.75, 3.05) is 27.1 Å². The molecule has 0 radical (unpaired) electrons. The van der Waals surface area contributed by atoms with Crippen molar-refractivity contribution in [3.8, 4) is 0 Å². The highest BCUT2D eigenvalue weighted by atomic mass is 16.7. The lowest BCUT2D eigenvalue weighted by Crippen LogP contribution is -1.98. The topological polar surface area (TPSA) is 38.7 Å². The van der Waals surface area contributed by atoms with Gasteiger partial charge in [0.05, 0.1) is 0 Å². The minimum absolute atomic E-state index is 0.297. The number of hydrogen-bond donors (Lipinski definition) is 1. The Balaban J connectivity index is 2.95. The summed E-state index contributed by atoms with van der Waals surface area (Å²) in [4.78, 5) is 0. The van der Waals surface area contributed by atoms with E-state index >= 15 is 0 Å². The predicted octanol–water partition coefficient (Wildman–Crippen LogP) is 2.89. The van der Waals surface area contributed by atoms with Crippen LogP contribution in [0.3, 0.4) is 0 Å². The Labute approximate surface area is 99.5 Å². The highest BCUT2D eigenvalue weighted by Crippen LogP contribution is 2.04. The second kappa shape index (κ2) is 14.6. The Bertz CT molecular complexity index is 146. The van der Waals surface area contributed by atoms with Crippen molar-refractivity contribution in [1.82, 2.24) is 0 Å². The molecule has 0 saturated heterocycles.